The Hall–Kier alpha value is -1.33. The van der Waals surface area contributed by atoms with Crippen molar-refractivity contribution < 1.29 is 0 Å². The zero-order valence-corrected chi connectivity index (χ0v) is 11.4. The van der Waals surface area contributed by atoms with E-state index in [-0.39, 0.29) is 11.5 Å². The Morgan fingerprint density at radius 2 is 2.06 bits per heavy atom. The van der Waals surface area contributed by atoms with Gasteiger partial charge in [-0.25, -0.2) is 0 Å². The Kier molecular flexibility index (Phi) is 4.04. The quantitative estimate of drug-likeness (QED) is 0.813. The second-order valence-electron chi connectivity index (χ2n) is 5.70. The molecule has 1 aliphatic rings. The third-order valence-electron chi connectivity index (χ3n) is 4.26. The van der Waals surface area contributed by atoms with Crippen LogP contribution < -0.4 is 0 Å². The van der Waals surface area contributed by atoms with Crippen LogP contribution in [0.5, 0.6) is 0 Å². The lowest BCUT2D eigenvalue weighted by atomic mass is 9.80. The summed E-state index contributed by atoms with van der Waals surface area (Å²) in [5.41, 5.74) is 1.40. The van der Waals surface area contributed by atoms with Crippen molar-refractivity contribution in [1.82, 2.24) is 4.90 Å². The number of nitrogens with zero attached hydrogens (tertiary/aromatic N) is 2. The molecule has 1 aliphatic heterocycles. The van der Waals surface area contributed by atoms with Crippen LogP contribution in [0, 0.1) is 17.2 Å². The number of hydrogen-bond acceptors (Lipinski definition) is 2. The van der Waals surface area contributed by atoms with Crippen LogP contribution in [0.3, 0.4) is 0 Å². The highest BCUT2D eigenvalue weighted by atomic mass is 15.2. The molecule has 1 saturated heterocycles. The van der Waals surface area contributed by atoms with Gasteiger partial charge in [0.15, 0.2) is 0 Å². The summed E-state index contributed by atoms with van der Waals surface area (Å²) in [7, 11) is 0. The molecule has 2 rings (SSSR count). The Morgan fingerprint density at radius 3 is 2.72 bits per heavy atom. The van der Waals surface area contributed by atoms with E-state index in [1.807, 2.05) is 0 Å². The smallest absolute Gasteiger partial charge is 0.0675 e. The summed E-state index contributed by atoms with van der Waals surface area (Å²) in [5, 5.41) is 9.25. The largest absolute Gasteiger partial charge is 0.297 e. The van der Waals surface area contributed by atoms with Gasteiger partial charge in [0, 0.05) is 12.1 Å². The zero-order valence-electron chi connectivity index (χ0n) is 11.4. The van der Waals surface area contributed by atoms with E-state index >= 15 is 0 Å². The van der Waals surface area contributed by atoms with Crippen molar-refractivity contribution in [3.8, 4) is 6.07 Å². The van der Waals surface area contributed by atoms with Crippen molar-refractivity contribution in [3.05, 3.63) is 35.9 Å². The fourth-order valence-corrected chi connectivity index (χ4v) is 2.88. The normalized spacial score (nSPS) is 23.5. The van der Waals surface area contributed by atoms with Gasteiger partial charge in [-0.2, -0.15) is 5.26 Å². The molecule has 1 atom stereocenters. The van der Waals surface area contributed by atoms with Crippen LogP contribution in [0.1, 0.15) is 32.3 Å². The third-order valence-corrected chi connectivity index (χ3v) is 4.26. The average Bonchev–Trinajstić information content (AvgIpc) is 2.38. The Balaban J connectivity index is 1.98. The number of rotatable bonds is 3. The standard InChI is InChI=1S/C16H22N2/c1-16(2)15(13-17)9-6-11-18(16)12-10-14-7-4-3-5-8-14/h3-5,7-8,15H,6,9-12H2,1-2H3. The molecule has 1 aromatic carbocycles. The topological polar surface area (TPSA) is 27.0 Å². The van der Waals surface area contributed by atoms with Gasteiger partial charge in [-0.15, -0.1) is 0 Å². The molecule has 96 valence electrons. The van der Waals surface area contributed by atoms with E-state index < -0.39 is 0 Å². The third kappa shape index (κ3) is 2.73. The summed E-state index contributed by atoms with van der Waals surface area (Å²) in [5.74, 6) is 0.169. The second-order valence-corrected chi connectivity index (χ2v) is 5.70. The van der Waals surface area contributed by atoms with Crippen molar-refractivity contribution in [1.29, 1.82) is 5.26 Å². The molecule has 1 heterocycles. The van der Waals surface area contributed by atoms with E-state index in [1.165, 1.54) is 5.56 Å². The molecule has 1 fully saturated rings. The Bertz CT molecular complexity index is 416. The number of benzene rings is 1. The molecule has 18 heavy (non-hydrogen) atoms. The summed E-state index contributed by atoms with van der Waals surface area (Å²) >= 11 is 0. The van der Waals surface area contributed by atoms with Crippen LogP contribution >= 0.6 is 0 Å². The van der Waals surface area contributed by atoms with Gasteiger partial charge in [-0.3, -0.25) is 4.90 Å². The first-order chi connectivity index (χ1) is 8.64. The minimum absolute atomic E-state index is 0.0157. The van der Waals surface area contributed by atoms with Crippen molar-refractivity contribution in [3.63, 3.8) is 0 Å². The number of hydrogen-bond donors (Lipinski definition) is 0. The predicted octanol–water partition coefficient (Wildman–Crippen LogP) is 3.24. The molecule has 0 aliphatic carbocycles. The predicted molar refractivity (Wildman–Crippen MR) is 74.1 cm³/mol. The first-order valence-electron chi connectivity index (χ1n) is 6.83. The molecule has 2 nitrogen and oxygen atoms in total. The fourth-order valence-electron chi connectivity index (χ4n) is 2.88. The molecule has 1 aromatic rings. The molecule has 0 aromatic heterocycles. The first kappa shape index (κ1) is 13.1. The van der Waals surface area contributed by atoms with Gasteiger partial charge in [-0.05, 0) is 45.2 Å². The summed E-state index contributed by atoms with van der Waals surface area (Å²) < 4.78 is 0. The molecular formula is C16H22N2. The van der Waals surface area contributed by atoms with Crippen molar-refractivity contribution in [2.24, 2.45) is 5.92 Å². The van der Waals surface area contributed by atoms with Crippen LogP contribution in [0.25, 0.3) is 0 Å². The minimum atomic E-state index is 0.0157. The van der Waals surface area contributed by atoms with Crippen molar-refractivity contribution >= 4 is 0 Å². The van der Waals surface area contributed by atoms with Crippen molar-refractivity contribution in [2.45, 2.75) is 38.6 Å². The Morgan fingerprint density at radius 1 is 1.33 bits per heavy atom. The van der Waals surface area contributed by atoms with Crippen LogP contribution in [0.4, 0.5) is 0 Å². The van der Waals surface area contributed by atoms with Crippen LogP contribution in [0.2, 0.25) is 0 Å². The molecule has 0 saturated carbocycles. The van der Waals surface area contributed by atoms with E-state index in [4.69, 9.17) is 0 Å². The maximum atomic E-state index is 9.25. The summed E-state index contributed by atoms with van der Waals surface area (Å²) in [6, 6.07) is 13.1. The van der Waals surface area contributed by atoms with E-state index in [0.717, 1.165) is 32.4 Å². The summed E-state index contributed by atoms with van der Waals surface area (Å²) in [4.78, 5) is 2.48. The van der Waals surface area contributed by atoms with E-state index in [0.29, 0.717) is 0 Å². The molecule has 0 N–H and O–H groups in total. The maximum Gasteiger partial charge on any atom is 0.0675 e. The van der Waals surface area contributed by atoms with Gasteiger partial charge in [0.2, 0.25) is 0 Å². The highest BCUT2D eigenvalue weighted by molar-refractivity contribution is 5.15. The van der Waals surface area contributed by atoms with Gasteiger partial charge < -0.3 is 0 Å². The monoisotopic (exact) mass is 242 g/mol. The number of piperidine rings is 1. The molecule has 1 unspecified atom stereocenters. The maximum absolute atomic E-state index is 9.25. The lowest BCUT2D eigenvalue weighted by Gasteiger charge is -2.45. The molecule has 0 amide bonds. The second kappa shape index (κ2) is 5.54. The van der Waals surface area contributed by atoms with Gasteiger partial charge in [0.1, 0.15) is 0 Å². The van der Waals surface area contributed by atoms with Crippen LogP contribution in [-0.2, 0) is 6.42 Å². The lowest BCUT2D eigenvalue weighted by molar-refractivity contribution is 0.0465. The summed E-state index contributed by atoms with van der Waals surface area (Å²) in [6.07, 6.45) is 3.27. The zero-order chi connectivity index (χ0) is 13.0. The molecule has 0 bridgehead atoms. The van der Waals surface area contributed by atoms with Gasteiger partial charge >= 0.3 is 0 Å². The van der Waals surface area contributed by atoms with Crippen LogP contribution in [-0.4, -0.2) is 23.5 Å². The molecule has 0 spiro atoms. The van der Waals surface area contributed by atoms with Crippen LogP contribution in [0.15, 0.2) is 30.3 Å². The minimum Gasteiger partial charge on any atom is -0.297 e. The highest BCUT2D eigenvalue weighted by Gasteiger charge is 2.38. The van der Waals surface area contributed by atoms with Gasteiger partial charge in [0.05, 0.1) is 12.0 Å². The van der Waals surface area contributed by atoms with Gasteiger partial charge in [-0.1, -0.05) is 30.3 Å². The SMILES string of the molecule is CC1(C)C(C#N)CCCN1CCc1ccccc1. The Labute approximate surface area is 110 Å². The average molecular weight is 242 g/mol. The highest BCUT2D eigenvalue weighted by Crippen LogP contribution is 2.32. The molecule has 0 radical (unpaired) electrons. The van der Waals surface area contributed by atoms with E-state index in [1.54, 1.807) is 0 Å². The first-order valence-corrected chi connectivity index (χ1v) is 6.83. The summed E-state index contributed by atoms with van der Waals surface area (Å²) in [6.45, 7) is 6.60. The van der Waals surface area contributed by atoms with Gasteiger partial charge in [0.25, 0.3) is 0 Å². The fraction of sp³-hybridized carbons (Fsp3) is 0.562. The van der Waals surface area contributed by atoms with E-state index in [9.17, 15) is 5.26 Å². The number of nitriles is 1. The number of likely N-dealkylation sites (tertiary alicyclic amines) is 1. The van der Waals surface area contributed by atoms with Crippen molar-refractivity contribution in [2.75, 3.05) is 13.1 Å². The lowest BCUT2D eigenvalue weighted by Crippen LogP contribution is -2.53. The molecular weight excluding hydrogens is 220 g/mol. The van der Waals surface area contributed by atoms with E-state index in [2.05, 4.69) is 55.1 Å². The molecule has 2 heteroatoms.